The highest BCUT2D eigenvalue weighted by atomic mass is 32.2. The number of benzene rings is 2. The molecule has 3 rings (SSSR count). The molecule has 0 unspecified atom stereocenters. The molecule has 0 spiro atoms. The second-order valence-corrected chi connectivity index (χ2v) is 7.95. The molecule has 32 heavy (non-hydrogen) atoms. The van der Waals surface area contributed by atoms with Gasteiger partial charge in [0.2, 0.25) is 5.91 Å². The van der Waals surface area contributed by atoms with Crippen molar-refractivity contribution in [2.45, 2.75) is 18.9 Å². The highest BCUT2D eigenvalue weighted by molar-refractivity contribution is 8.00. The summed E-state index contributed by atoms with van der Waals surface area (Å²) in [7, 11) is 3.09. The molecule has 1 aromatic heterocycles. The fraction of sp³-hybridized carbons (Fsp3) is 0.208. The van der Waals surface area contributed by atoms with E-state index in [0.29, 0.717) is 33.5 Å². The molecule has 0 aliphatic heterocycles. The number of rotatable bonds is 8. The molecule has 0 bridgehead atoms. The van der Waals surface area contributed by atoms with Crippen LogP contribution in [-0.2, 0) is 4.79 Å². The van der Waals surface area contributed by atoms with Crippen LogP contribution < -0.4 is 20.1 Å². The first-order valence-corrected chi connectivity index (χ1v) is 10.9. The molecular formula is C24H25N3O4S. The van der Waals surface area contributed by atoms with Gasteiger partial charge < -0.3 is 20.1 Å². The molecule has 0 atom stereocenters. The number of thioether (sulfide) groups is 1. The molecule has 3 aromatic rings. The minimum atomic E-state index is -0.260. The number of pyridine rings is 1. The molecule has 8 heteroatoms. The number of carbonyl (C=O) groups excluding carboxylic acids is 2. The molecule has 0 saturated carbocycles. The summed E-state index contributed by atoms with van der Waals surface area (Å²) >= 11 is 1.22. The molecule has 2 aromatic carbocycles. The maximum absolute atomic E-state index is 12.9. The summed E-state index contributed by atoms with van der Waals surface area (Å²) in [4.78, 5) is 30.0. The second-order valence-electron chi connectivity index (χ2n) is 6.99. The summed E-state index contributed by atoms with van der Waals surface area (Å²) in [5.41, 5.74) is 3.32. The van der Waals surface area contributed by atoms with E-state index in [4.69, 9.17) is 9.47 Å². The minimum Gasteiger partial charge on any atom is -0.493 e. The van der Waals surface area contributed by atoms with E-state index < -0.39 is 0 Å². The fourth-order valence-corrected chi connectivity index (χ4v) is 4.09. The lowest BCUT2D eigenvalue weighted by Gasteiger charge is -2.13. The summed E-state index contributed by atoms with van der Waals surface area (Å²) in [5, 5.41) is 6.24. The summed E-state index contributed by atoms with van der Waals surface area (Å²) < 4.78 is 10.5. The van der Waals surface area contributed by atoms with Crippen molar-refractivity contribution in [3.8, 4) is 11.5 Å². The lowest BCUT2D eigenvalue weighted by atomic mass is 10.1. The van der Waals surface area contributed by atoms with Gasteiger partial charge in [-0.2, -0.15) is 0 Å². The minimum absolute atomic E-state index is 0.0931. The molecule has 7 nitrogen and oxygen atoms in total. The number of aromatic nitrogens is 1. The second kappa shape index (κ2) is 10.7. The molecule has 0 aliphatic carbocycles. The van der Waals surface area contributed by atoms with Crippen LogP contribution in [0.2, 0.25) is 0 Å². The smallest absolute Gasteiger partial charge is 0.258 e. The van der Waals surface area contributed by atoms with E-state index in [1.165, 1.54) is 18.9 Å². The molecule has 2 amide bonds. The highest BCUT2D eigenvalue weighted by Gasteiger charge is 2.19. The number of hydrogen-bond donors (Lipinski definition) is 2. The lowest BCUT2D eigenvalue weighted by molar-refractivity contribution is -0.113. The third-order valence-corrected chi connectivity index (χ3v) is 5.55. The maximum Gasteiger partial charge on any atom is 0.258 e. The summed E-state index contributed by atoms with van der Waals surface area (Å²) in [5.74, 6) is 0.708. The first kappa shape index (κ1) is 23.1. The number of anilines is 2. The van der Waals surface area contributed by atoms with E-state index in [-0.39, 0.29) is 17.6 Å². The highest BCUT2D eigenvalue weighted by Crippen LogP contribution is 2.30. The summed E-state index contributed by atoms with van der Waals surface area (Å²) in [6, 6.07) is 16.2. The Morgan fingerprint density at radius 1 is 0.906 bits per heavy atom. The number of aryl methyl sites for hydroxylation is 2. The van der Waals surface area contributed by atoms with Crippen molar-refractivity contribution in [2.75, 3.05) is 30.6 Å². The predicted octanol–water partition coefficient (Wildman–Crippen LogP) is 4.70. The van der Waals surface area contributed by atoms with Crippen LogP contribution in [-0.4, -0.2) is 36.8 Å². The fourth-order valence-electron chi connectivity index (χ4n) is 3.14. The normalized spacial score (nSPS) is 10.4. The number of ether oxygens (including phenoxy) is 2. The zero-order chi connectivity index (χ0) is 23.1. The zero-order valence-corrected chi connectivity index (χ0v) is 19.2. The van der Waals surface area contributed by atoms with Crippen molar-refractivity contribution >= 4 is 35.0 Å². The van der Waals surface area contributed by atoms with Gasteiger partial charge in [-0.1, -0.05) is 30.0 Å². The van der Waals surface area contributed by atoms with Crippen molar-refractivity contribution in [3.05, 3.63) is 71.4 Å². The number of nitrogens with one attached hydrogen (secondary N) is 2. The number of carbonyl (C=O) groups is 2. The monoisotopic (exact) mass is 451 g/mol. The van der Waals surface area contributed by atoms with Crippen LogP contribution in [0.15, 0.2) is 59.6 Å². The van der Waals surface area contributed by atoms with Gasteiger partial charge in [0.15, 0.2) is 11.5 Å². The van der Waals surface area contributed by atoms with Crippen LogP contribution in [0.1, 0.15) is 21.6 Å². The molecule has 166 valence electrons. The van der Waals surface area contributed by atoms with Crippen LogP contribution in [0.4, 0.5) is 11.4 Å². The van der Waals surface area contributed by atoms with Gasteiger partial charge in [-0.05, 0) is 49.7 Å². The van der Waals surface area contributed by atoms with Crippen LogP contribution in [0.25, 0.3) is 0 Å². The van der Waals surface area contributed by atoms with E-state index >= 15 is 0 Å². The molecule has 0 aliphatic rings. The zero-order valence-electron chi connectivity index (χ0n) is 18.4. The van der Waals surface area contributed by atoms with Crippen molar-refractivity contribution in [3.63, 3.8) is 0 Å². The van der Waals surface area contributed by atoms with E-state index in [2.05, 4.69) is 15.6 Å². The number of methoxy groups -OCH3 is 2. The van der Waals surface area contributed by atoms with Crippen molar-refractivity contribution in [2.24, 2.45) is 0 Å². The van der Waals surface area contributed by atoms with Gasteiger partial charge in [0, 0.05) is 23.1 Å². The van der Waals surface area contributed by atoms with Gasteiger partial charge in [0.25, 0.3) is 5.91 Å². The van der Waals surface area contributed by atoms with E-state index in [1.807, 2.05) is 50.2 Å². The molecule has 0 saturated heterocycles. The molecular weight excluding hydrogens is 426 g/mol. The third-order valence-electron chi connectivity index (χ3n) is 4.58. The van der Waals surface area contributed by atoms with Crippen LogP contribution in [0.5, 0.6) is 11.5 Å². The molecule has 2 N–H and O–H groups in total. The SMILES string of the molecule is COc1ccc(NC(=O)CSc2nc(C)cc(C)c2C(=O)Nc2ccccc2)cc1OC. The Bertz CT molecular complexity index is 1120. The van der Waals surface area contributed by atoms with Gasteiger partial charge in [0.05, 0.1) is 25.5 Å². The maximum atomic E-state index is 12.9. The number of amides is 2. The van der Waals surface area contributed by atoms with Crippen LogP contribution in [0, 0.1) is 13.8 Å². The molecule has 0 radical (unpaired) electrons. The Morgan fingerprint density at radius 3 is 2.31 bits per heavy atom. The van der Waals surface area contributed by atoms with Gasteiger partial charge in [-0.3, -0.25) is 9.59 Å². The van der Waals surface area contributed by atoms with Gasteiger partial charge >= 0.3 is 0 Å². The number of nitrogens with zero attached hydrogens (tertiary/aromatic N) is 1. The van der Waals surface area contributed by atoms with Gasteiger partial charge in [-0.25, -0.2) is 4.98 Å². The summed E-state index contributed by atoms with van der Waals surface area (Å²) in [6.07, 6.45) is 0. The van der Waals surface area contributed by atoms with E-state index in [9.17, 15) is 9.59 Å². The van der Waals surface area contributed by atoms with Crippen LogP contribution in [0.3, 0.4) is 0 Å². The Morgan fingerprint density at radius 2 is 1.62 bits per heavy atom. The van der Waals surface area contributed by atoms with Gasteiger partial charge in [-0.15, -0.1) is 0 Å². The first-order valence-electron chi connectivity index (χ1n) is 9.90. The topological polar surface area (TPSA) is 89.5 Å². The largest absolute Gasteiger partial charge is 0.493 e. The average Bonchev–Trinajstić information content (AvgIpc) is 2.77. The summed E-state index contributed by atoms with van der Waals surface area (Å²) in [6.45, 7) is 3.72. The Hall–Kier alpha value is -3.52. The van der Waals surface area contributed by atoms with Crippen LogP contribution >= 0.6 is 11.8 Å². The van der Waals surface area contributed by atoms with Crippen molar-refractivity contribution in [1.82, 2.24) is 4.98 Å². The number of hydrogen-bond acceptors (Lipinski definition) is 6. The quantitative estimate of drug-likeness (QED) is 0.483. The average molecular weight is 452 g/mol. The Balaban J connectivity index is 1.73. The van der Waals surface area contributed by atoms with Crippen molar-refractivity contribution in [1.29, 1.82) is 0 Å². The molecule has 0 fully saturated rings. The third kappa shape index (κ3) is 5.79. The van der Waals surface area contributed by atoms with E-state index in [1.54, 1.807) is 25.3 Å². The number of para-hydroxylation sites is 1. The molecule has 1 heterocycles. The van der Waals surface area contributed by atoms with E-state index in [0.717, 1.165) is 11.3 Å². The Kier molecular flexibility index (Phi) is 7.72. The predicted molar refractivity (Wildman–Crippen MR) is 127 cm³/mol. The standard InChI is InChI=1S/C24H25N3O4S/c1-15-12-16(2)25-24(22(15)23(29)27-17-8-6-5-7-9-17)32-14-21(28)26-18-10-11-19(30-3)20(13-18)31-4/h5-13H,14H2,1-4H3,(H,26,28)(H,27,29). The lowest BCUT2D eigenvalue weighted by Crippen LogP contribution is -2.18. The van der Waals surface area contributed by atoms with Gasteiger partial charge in [0.1, 0.15) is 5.03 Å². The van der Waals surface area contributed by atoms with Crippen molar-refractivity contribution < 1.29 is 19.1 Å². The first-order chi connectivity index (χ1) is 15.4. The Labute approximate surface area is 191 Å².